The van der Waals surface area contributed by atoms with Crippen LogP contribution in [-0.4, -0.2) is 52.9 Å². The number of nitrogens with one attached hydrogen (secondary N) is 1. The number of nitrogens with zero attached hydrogens (tertiary/aromatic N) is 2. The number of hydrogen-bond donors (Lipinski definition) is 2. The maximum atomic E-state index is 11.3. The molecule has 0 saturated carbocycles. The number of aliphatic carboxylic acids is 1. The fraction of sp³-hybridized carbons (Fsp3) is 0.556. The molecule has 0 unspecified atom stereocenters. The van der Waals surface area contributed by atoms with Gasteiger partial charge in [0.1, 0.15) is 5.70 Å². The molecule has 0 aliphatic carbocycles. The van der Waals surface area contributed by atoms with Crippen LogP contribution in [0, 0.1) is 0 Å². The second-order valence-electron chi connectivity index (χ2n) is 3.85. The van der Waals surface area contributed by atoms with E-state index in [1.165, 1.54) is 16.7 Å². The summed E-state index contributed by atoms with van der Waals surface area (Å²) in [6.45, 7) is 0.444. The minimum Gasteiger partial charge on any atom is -0.477 e. The Balaban J connectivity index is 2.15. The number of rotatable bonds is 4. The smallest absolute Gasteiger partial charge is 0.353 e. The van der Waals surface area contributed by atoms with Gasteiger partial charge in [-0.05, 0) is 0 Å². The van der Waals surface area contributed by atoms with Crippen LogP contribution in [0.1, 0.15) is 6.42 Å². The molecule has 0 spiro atoms. The maximum Gasteiger partial charge on any atom is 0.353 e. The van der Waals surface area contributed by atoms with E-state index in [1.807, 2.05) is 14.1 Å². The third-order valence-corrected chi connectivity index (χ3v) is 3.72. The molecule has 0 aromatic rings. The highest BCUT2D eigenvalue weighted by molar-refractivity contribution is 8.04. The van der Waals surface area contributed by atoms with E-state index in [0.717, 1.165) is 4.91 Å². The lowest BCUT2D eigenvalue weighted by atomic mass is 10.1. The van der Waals surface area contributed by atoms with Crippen LogP contribution in [0.25, 0.3) is 0 Å². The molecule has 0 bridgehead atoms. The summed E-state index contributed by atoms with van der Waals surface area (Å²) in [5.41, 5.74) is 3.15. The quantitative estimate of drug-likeness (QED) is 0.519. The molecule has 16 heavy (non-hydrogen) atoms. The number of amides is 1. The van der Waals surface area contributed by atoms with E-state index in [9.17, 15) is 9.59 Å². The van der Waals surface area contributed by atoms with Gasteiger partial charge in [-0.1, -0.05) is 0 Å². The minimum atomic E-state index is -1.03. The summed E-state index contributed by atoms with van der Waals surface area (Å²) in [6, 6.07) is 0. The minimum absolute atomic E-state index is 0.00226. The average Bonchev–Trinajstić information content (AvgIpc) is 2.47. The van der Waals surface area contributed by atoms with Crippen LogP contribution >= 0.6 is 11.8 Å². The van der Waals surface area contributed by atoms with Gasteiger partial charge in [0, 0.05) is 25.5 Å². The van der Waals surface area contributed by atoms with Crippen molar-refractivity contribution in [2.24, 2.45) is 0 Å². The molecule has 88 valence electrons. The summed E-state index contributed by atoms with van der Waals surface area (Å²) < 4.78 is 0. The number of β-lactam (4-membered cyclic amide) rings is 1. The van der Waals surface area contributed by atoms with Gasteiger partial charge in [-0.15, -0.1) is 11.8 Å². The van der Waals surface area contributed by atoms with E-state index in [0.29, 0.717) is 13.0 Å². The Morgan fingerprint density at radius 1 is 1.69 bits per heavy atom. The van der Waals surface area contributed by atoms with Gasteiger partial charge in [-0.3, -0.25) is 20.1 Å². The molecule has 6 nitrogen and oxygen atoms in total. The molecule has 1 fully saturated rings. The first-order valence-electron chi connectivity index (χ1n) is 4.86. The fourth-order valence-electron chi connectivity index (χ4n) is 1.68. The highest BCUT2D eigenvalue weighted by Crippen LogP contribution is 2.45. The molecule has 1 saturated heterocycles. The van der Waals surface area contributed by atoms with Gasteiger partial charge >= 0.3 is 5.97 Å². The zero-order chi connectivity index (χ0) is 11.9. The first-order chi connectivity index (χ1) is 7.50. The normalized spacial score (nSPS) is 23.8. The second kappa shape index (κ2) is 4.08. The second-order valence-corrected chi connectivity index (χ2v) is 5.12. The van der Waals surface area contributed by atoms with E-state index in [4.69, 9.17) is 5.11 Å². The van der Waals surface area contributed by atoms with Crippen molar-refractivity contribution < 1.29 is 14.7 Å². The summed E-state index contributed by atoms with van der Waals surface area (Å²) in [5, 5.41) is 10.8. The zero-order valence-electron chi connectivity index (χ0n) is 9.06. The molecule has 2 rings (SSSR count). The Hall–Kier alpha value is -1.05. The summed E-state index contributed by atoms with van der Waals surface area (Å²) in [4.78, 5) is 24.5. The number of hydrogen-bond acceptors (Lipinski definition) is 5. The number of thioether (sulfide) groups is 1. The van der Waals surface area contributed by atoms with E-state index in [1.54, 1.807) is 5.01 Å². The number of carboxylic acid groups (broad SMARTS) is 1. The summed E-state index contributed by atoms with van der Waals surface area (Å²) in [7, 11) is 3.67. The topological polar surface area (TPSA) is 72.9 Å². The molecule has 0 aromatic heterocycles. The molecular formula is C9H13N3O3S. The van der Waals surface area contributed by atoms with Crippen molar-refractivity contribution in [3.05, 3.63) is 10.6 Å². The zero-order valence-corrected chi connectivity index (χ0v) is 9.87. The lowest BCUT2D eigenvalue weighted by Gasteiger charge is -2.33. The Bertz CT molecular complexity index is 380. The van der Waals surface area contributed by atoms with Crippen molar-refractivity contribution in [1.82, 2.24) is 15.3 Å². The van der Waals surface area contributed by atoms with Crippen molar-refractivity contribution in [2.45, 2.75) is 11.8 Å². The number of carboxylic acids is 1. The van der Waals surface area contributed by atoms with Gasteiger partial charge in [0.2, 0.25) is 5.91 Å². The Morgan fingerprint density at radius 2 is 2.38 bits per heavy atom. The molecule has 7 heteroatoms. The fourth-order valence-corrected chi connectivity index (χ4v) is 3.01. The van der Waals surface area contributed by atoms with Gasteiger partial charge in [-0.2, -0.15) is 0 Å². The molecule has 1 atom stereocenters. The SMILES string of the molecule is CN(C)NCC1=C(C(=O)O)N2C(=O)C[C@@H]2S1. The maximum absolute atomic E-state index is 11.3. The Kier molecular flexibility index (Phi) is 2.92. The van der Waals surface area contributed by atoms with Crippen LogP contribution in [0.2, 0.25) is 0 Å². The van der Waals surface area contributed by atoms with Gasteiger partial charge < -0.3 is 5.11 Å². The first kappa shape index (κ1) is 11.4. The molecule has 2 N–H and O–H groups in total. The van der Waals surface area contributed by atoms with Crippen LogP contribution in [0.3, 0.4) is 0 Å². The van der Waals surface area contributed by atoms with E-state index in [2.05, 4.69) is 5.43 Å². The standard InChI is InChI=1S/C9H13N3O3S/c1-11(2)10-4-5-8(9(14)15)12-6(13)3-7(12)16-5/h7,10H,3-4H2,1-2H3,(H,14,15)/t7-/m0/s1. The molecule has 0 aromatic carbocycles. The molecular weight excluding hydrogens is 230 g/mol. The Labute approximate surface area is 97.2 Å². The first-order valence-corrected chi connectivity index (χ1v) is 5.74. The number of carbonyl (C=O) groups is 2. The highest BCUT2D eigenvalue weighted by atomic mass is 32.2. The van der Waals surface area contributed by atoms with Crippen molar-refractivity contribution in [1.29, 1.82) is 0 Å². The van der Waals surface area contributed by atoms with Crippen LogP contribution in [0.4, 0.5) is 0 Å². The van der Waals surface area contributed by atoms with Crippen LogP contribution < -0.4 is 5.43 Å². The third-order valence-electron chi connectivity index (χ3n) is 2.45. The van der Waals surface area contributed by atoms with Gasteiger partial charge in [-0.25, -0.2) is 4.79 Å². The molecule has 2 aliphatic rings. The highest BCUT2D eigenvalue weighted by Gasteiger charge is 2.48. The van der Waals surface area contributed by atoms with Crippen molar-refractivity contribution in [3.8, 4) is 0 Å². The molecule has 1 amide bonds. The Morgan fingerprint density at radius 3 is 2.88 bits per heavy atom. The molecule has 2 heterocycles. The average molecular weight is 243 g/mol. The summed E-state index contributed by atoms with van der Waals surface area (Å²) in [5.74, 6) is -1.13. The van der Waals surface area contributed by atoms with E-state index in [-0.39, 0.29) is 17.0 Å². The van der Waals surface area contributed by atoms with Gasteiger partial charge in [0.25, 0.3) is 0 Å². The van der Waals surface area contributed by atoms with Crippen molar-refractivity contribution in [3.63, 3.8) is 0 Å². The number of carbonyl (C=O) groups excluding carboxylic acids is 1. The molecule has 2 aliphatic heterocycles. The predicted octanol–water partition coefficient (Wildman–Crippen LogP) is -0.346. The van der Waals surface area contributed by atoms with Crippen molar-refractivity contribution in [2.75, 3.05) is 20.6 Å². The van der Waals surface area contributed by atoms with Crippen molar-refractivity contribution >= 4 is 23.6 Å². The third kappa shape index (κ3) is 1.81. The largest absolute Gasteiger partial charge is 0.477 e. The van der Waals surface area contributed by atoms with Crippen LogP contribution in [0.15, 0.2) is 10.6 Å². The van der Waals surface area contributed by atoms with E-state index < -0.39 is 5.97 Å². The van der Waals surface area contributed by atoms with Crippen LogP contribution in [-0.2, 0) is 9.59 Å². The number of hydrazine groups is 1. The summed E-state index contributed by atoms with van der Waals surface area (Å²) in [6.07, 6.45) is 0.437. The summed E-state index contributed by atoms with van der Waals surface area (Å²) >= 11 is 1.46. The number of fused-ring (bicyclic) bond motifs is 1. The monoisotopic (exact) mass is 243 g/mol. The van der Waals surface area contributed by atoms with Crippen LogP contribution in [0.5, 0.6) is 0 Å². The lowest BCUT2D eigenvalue weighted by molar-refractivity contribution is -0.145. The predicted molar refractivity (Wildman–Crippen MR) is 59.2 cm³/mol. The molecule has 0 radical (unpaired) electrons. The lowest BCUT2D eigenvalue weighted by Crippen LogP contribution is -2.48. The van der Waals surface area contributed by atoms with Gasteiger partial charge in [0.15, 0.2) is 0 Å². The van der Waals surface area contributed by atoms with Gasteiger partial charge in [0.05, 0.1) is 11.8 Å². The van der Waals surface area contributed by atoms with E-state index >= 15 is 0 Å².